The first-order valence-electron chi connectivity index (χ1n) is 10.6. The minimum absolute atomic E-state index is 0.0896. The normalized spacial score (nSPS) is 16.6. The fourth-order valence-electron chi connectivity index (χ4n) is 4.29. The number of fused-ring (bicyclic) bond motifs is 1. The van der Waals surface area contributed by atoms with Crippen molar-refractivity contribution in [2.24, 2.45) is 0 Å². The topological polar surface area (TPSA) is 67.6 Å². The van der Waals surface area contributed by atoms with E-state index >= 15 is 0 Å². The Morgan fingerprint density at radius 2 is 1.83 bits per heavy atom. The van der Waals surface area contributed by atoms with Crippen LogP contribution in [0.15, 0.2) is 59.7 Å². The number of nitrogens with zero attached hydrogens (tertiary/aromatic N) is 3. The Morgan fingerprint density at radius 1 is 1.10 bits per heavy atom. The second kappa shape index (κ2) is 8.98. The number of piperidine rings is 1. The van der Waals surface area contributed by atoms with Gasteiger partial charge in [0, 0.05) is 13.1 Å². The minimum atomic E-state index is -0.868. The molecular weight excluding hydrogens is 378 g/mol. The number of hydrogen-bond acceptors (Lipinski definition) is 5. The highest BCUT2D eigenvalue weighted by Gasteiger charge is 2.33. The summed E-state index contributed by atoms with van der Waals surface area (Å²) in [5, 5.41) is 11.7. The van der Waals surface area contributed by atoms with Crippen molar-refractivity contribution >= 4 is 10.9 Å². The van der Waals surface area contributed by atoms with Gasteiger partial charge in [0.2, 0.25) is 0 Å². The molecule has 0 bridgehead atoms. The lowest BCUT2D eigenvalue weighted by Gasteiger charge is -2.38. The number of rotatable bonds is 7. The zero-order valence-electron chi connectivity index (χ0n) is 17.5. The lowest BCUT2D eigenvalue weighted by molar-refractivity contribution is -0.0349. The second-order valence-electron chi connectivity index (χ2n) is 8.18. The molecule has 1 aromatic heterocycles. The van der Waals surface area contributed by atoms with E-state index in [4.69, 9.17) is 4.74 Å². The largest absolute Gasteiger partial charge is 0.496 e. The van der Waals surface area contributed by atoms with E-state index in [1.165, 1.54) is 5.56 Å². The Bertz CT molecular complexity index is 1050. The summed E-state index contributed by atoms with van der Waals surface area (Å²) < 4.78 is 6.98. The van der Waals surface area contributed by atoms with Crippen LogP contribution in [0.4, 0.5) is 0 Å². The van der Waals surface area contributed by atoms with E-state index in [0.717, 1.165) is 38.2 Å². The van der Waals surface area contributed by atoms with Gasteiger partial charge in [0.1, 0.15) is 5.75 Å². The molecule has 1 N–H and O–H groups in total. The molecule has 158 valence electrons. The van der Waals surface area contributed by atoms with Gasteiger partial charge in [-0.3, -0.25) is 9.36 Å². The van der Waals surface area contributed by atoms with Gasteiger partial charge in [0.15, 0.2) is 0 Å². The van der Waals surface area contributed by atoms with Gasteiger partial charge in [-0.25, -0.2) is 4.98 Å². The van der Waals surface area contributed by atoms with Crippen molar-refractivity contribution in [3.63, 3.8) is 0 Å². The summed E-state index contributed by atoms with van der Waals surface area (Å²) in [6.07, 6.45) is 4.89. The molecule has 0 unspecified atom stereocenters. The second-order valence-corrected chi connectivity index (χ2v) is 8.18. The van der Waals surface area contributed by atoms with Crippen molar-refractivity contribution in [2.45, 2.75) is 37.8 Å². The average Bonchev–Trinajstić information content (AvgIpc) is 2.78. The number of aromatic nitrogens is 2. The van der Waals surface area contributed by atoms with E-state index in [1.807, 2.05) is 36.4 Å². The molecule has 0 atom stereocenters. The summed E-state index contributed by atoms with van der Waals surface area (Å²) in [4.78, 5) is 19.5. The van der Waals surface area contributed by atoms with Crippen LogP contribution in [0.2, 0.25) is 0 Å². The highest BCUT2D eigenvalue weighted by atomic mass is 16.5. The summed E-state index contributed by atoms with van der Waals surface area (Å²) in [7, 11) is 1.71. The van der Waals surface area contributed by atoms with Crippen LogP contribution in [0.25, 0.3) is 10.9 Å². The van der Waals surface area contributed by atoms with Gasteiger partial charge in [-0.2, -0.15) is 0 Å². The molecular formula is C24H29N3O3. The van der Waals surface area contributed by atoms with Crippen molar-refractivity contribution in [3.8, 4) is 5.75 Å². The molecule has 0 aliphatic carbocycles. The third-order valence-corrected chi connectivity index (χ3v) is 6.10. The first kappa shape index (κ1) is 20.6. The maximum absolute atomic E-state index is 12.7. The van der Waals surface area contributed by atoms with Crippen LogP contribution in [0.5, 0.6) is 5.75 Å². The zero-order valence-corrected chi connectivity index (χ0v) is 17.5. The molecule has 0 saturated carbocycles. The molecule has 4 rings (SSSR count). The van der Waals surface area contributed by atoms with Crippen molar-refractivity contribution in [1.29, 1.82) is 0 Å². The van der Waals surface area contributed by atoms with Crippen molar-refractivity contribution in [3.05, 3.63) is 70.8 Å². The Morgan fingerprint density at radius 3 is 2.63 bits per heavy atom. The predicted molar refractivity (Wildman–Crippen MR) is 118 cm³/mol. The van der Waals surface area contributed by atoms with E-state index < -0.39 is 5.60 Å². The first-order chi connectivity index (χ1) is 14.6. The number of likely N-dealkylation sites (tertiary alicyclic amines) is 1. The zero-order chi connectivity index (χ0) is 21.0. The Balaban J connectivity index is 1.31. The van der Waals surface area contributed by atoms with Gasteiger partial charge < -0.3 is 14.7 Å². The van der Waals surface area contributed by atoms with E-state index in [9.17, 15) is 9.90 Å². The maximum atomic E-state index is 12.7. The van der Waals surface area contributed by atoms with Gasteiger partial charge in [0.25, 0.3) is 5.56 Å². The molecule has 0 radical (unpaired) electrons. The van der Waals surface area contributed by atoms with Gasteiger partial charge in [-0.05, 0) is 56.0 Å². The number of aryl methyl sites for hydroxylation is 1. The summed E-state index contributed by atoms with van der Waals surface area (Å²) in [5.74, 6) is 0.944. The quantitative estimate of drug-likeness (QED) is 0.652. The van der Waals surface area contributed by atoms with Crippen LogP contribution in [-0.4, -0.2) is 51.9 Å². The molecule has 1 fully saturated rings. The number of para-hydroxylation sites is 2. The Labute approximate surface area is 176 Å². The molecule has 0 amide bonds. The average molecular weight is 408 g/mol. The SMILES string of the molecule is COc1ccccc1CCCN1CCC(O)(Cn2cnc3ccccc3c2=O)CC1. The van der Waals surface area contributed by atoms with E-state index in [2.05, 4.69) is 16.0 Å². The van der Waals surface area contributed by atoms with Gasteiger partial charge in [-0.15, -0.1) is 0 Å². The third kappa shape index (κ3) is 4.55. The fraction of sp³-hybridized carbons (Fsp3) is 0.417. The van der Waals surface area contributed by atoms with Gasteiger partial charge in [0.05, 0.1) is 36.5 Å². The summed E-state index contributed by atoms with van der Waals surface area (Å²) >= 11 is 0. The van der Waals surface area contributed by atoms with Crippen LogP contribution < -0.4 is 10.3 Å². The molecule has 1 saturated heterocycles. The molecule has 3 aromatic rings. The summed E-state index contributed by atoms with van der Waals surface area (Å²) in [6, 6.07) is 15.5. The third-order valence-electron chi connectivity index (χ3n) is 6.10. The Kier molecular flexibility index (Phi) is 6.16. The van der Waals surface area contributed by atoms with Crippen LogP contribution in [0.1, 0.15) is 24.8 Å². The van der Waals surface area contributed by atoms with E-state index in [0.29, 0.717) is 30.3 Å². The summed E-state index contributed by atoms with van der Waals surface area (Å²) in [6.45, 7) is 2.95. The molecule has 2 aromatic carbocycles. The lowest BCUT2D eigenvalue weighted by atomic mass is 9.91. The van der Waals surface area contributed by atoms with Crippen LogP contribution >= 0.6 is 0 Å². The maximum Gasteiger partial charge on any atom is 0.261 e. The molecule has 6 nitrogen and oxygen atoms in total. The smallest absolute Gasteiger partial charge is 0.261 e. The highest BCUT2D eigenvalue weighted by molar-refractivity contribution is 5.76. The summed E-state index contributed by atoms with van der Waals surface area (Å²) in [5.41, 5.74) is 0.966. The van der Waals surface area contributed by atoms with Crippen molar-refractivity contribution < 1.29 is 9.84 Å². The predicted octanol–water partition coefficient (Wildman–Crippen LogP) is 2.86. The molecule has 1 aliphatic heterocycles. The number of benzene rings is 2. The van der Waals surface area contributed by atoms with Gasteiger partial charge >= 0.3 is 0 Å². The highest BCUT2D eigenvalue weighted by Crippen LogP contribution is 2.25. The first-order valence-corrected chi connectivity index (χ1v) is 10.6. The number of ether oxygens (including phenoxy) is 1. The lowest BCUT2D eigenvalue weighted by Crippen LogP contribution is -2.48. The van der Waals surface area contributed by atoms with E-state index in [1.54, 1.807) is 24.1 Å². The molecule has 0 spiro atoms. The standard InChI is InChI=1S/C24H29N3O3/c1-30-22-11-5-2-7-19(22)8-6-14-26-15-12-24(29,13-16-26)17-27-18-25-21-10-4-3-9-20(21)23(27)28/h2-5,7,9-11,18,29H,6,8,12-17H2,1H3. The molecule has 30 heavy (non-hydrogen) atoms. The van der Waals surface area contributed by atoms with Crippen LogP contribution in [0.3, 0.4) is 0 Å². The monoisotopic (exact) mass is 407 g/mol. The van der Waals surface area contributed by atoms with Crippen LogP contribution in [0, 0.1) is 0 Å². The fourth-order valence-corrected chi connectivity index (χ4v) is 4.29. The molecule has 1 aliphatic rings. The van der Waals surface area contributed by atoms with Crippen molar-refractivity contribution in [1.82, 2.24) is 14.5 Å². The minimum Gasteiger partial charge on any atom is -0.496 e. The molecule has 6 heteroatoms. The van der Waals surface area contributed by atoms with Crippen LogP contribution in [-0.2, 0) is 13.0 Å². The number of methoxy groups -OCH3 is 1. The van der Waals surface area contributed by atoms with Gasteiger partial charge in [-0.1, -0.05) is 30.3 Å². The number of aliphatic hydroxyl groups is 1. The molecule has 2 heterocycles. The number of hydrogen-bond donors (Lipinski definition) is 1. The van der Waals surface area contributed by atoms with Crippen molar-refractivity contribution in [2.75, 3.05) is 26.7 Å². The van der Waals surface area contributed by atoms with E-state index in [-0.39, 0.29) is 5.56 Å². The Hall–Kier alpha value is -2.70.